The van der Waals surface area contributed by atoms with E-state index in [4.69, 9.17) is 9.15 Å². The van der Waals surface area contributed by atoms with Crippen molar-refractivity contribution in [2.45, 2.75) is 0 Å². The van der Waals surface area contributed by atoms with Crippen LogP contribution in [0.4, 0.5) is 5.69 Å². The molecule has 0 aliphatic heterocycles. The highest BCUT2D eigenvalue weighted by Crippen LogP contribution is 2.25. The van der Waals surface area contributed by atoms with E-state index in [2.05, 4.69) is 31.2 Å². The number of aromatic nitrogens is 2. The molecule has 0 unspecified atom stereocenters. The Labute approximate surface area is 163 Å². The number of amides is 1. The molecule has 0 bridgehead atoms. The van der Waals surface area contributed by atoms with Gasteiger partial charge in [0.25, 0.3) is 5.91 Å². The van der Waals surface area contributed by atoms with Crippen LogP contribution in [0.5, 0.6) is 5.75 Å². The normalized spacial score (nSPS) is 10.7. The van der Waals surface area contributed by atoms with Crippen molar-refractivity contribution in [3.05, 3.63) is 71.5 Å². The average Bonchev–Trinajstić information content (AvgIpc) is 3.12. The first-order valence-electron chi connectivity index (χ1n) is 8.16. The summed E-state index contributed by atoms with van der Waals surface area (Å²) in [5.41, 5.74) is 2.69. The number of pyridine rings is 1. The highest BCUT2D eigenvalue weighted by molar-refractivity contribution is 9.10. The van der Waals surface area contributed by atoms with Crippen LogP contribution in [0, 0.1) is 0 Å². The Morgan fingerprint density at radius 1 is 1.11 bits per heavy atom. The van der Waals surface area contributed by atoms with Gasteiger partial charge in [-0.2, -0.15) is 0 Å². The summed E-state index contributed by atoms with van der Waals surface area (Å²) in [5, 5.41) is 2.76. The van der Waals surface area contributed by atoms with Crippen LogP contribution in [0.1, 0.15) is 0 Å². The van der Waals surface area contributed by atoms with Crippen molar-refractivity contribution in [2.24, 2.45) is 0 Å². The zero-order chi connectivity index (χ0) is 18.6. The van der Waals surface area contributed by atoms with Crippen LogP contribution >= 0.6 is 15.9 Å². The predicted molar refractivity (Wildman–Crippen MR) is 106 cm³/mol. The zero-order valence-electron chi connectivity index (χ0n) is 14.1. The van der Waals surface area contributed by atoms with Crippen LogP contribution in [-0.4, -0.2) is 22.5 Å². The Balaban J connectivity index is 1.44. The maximum Gasteiger partial charge on any atom is 0.262 e. The molecule has 2 aromatic carbocycles. The van der Waals surface area contributed by atoms with Gasteiger partial charge in [0.05, 0.1) is 17.4 Å². The average molecular weight is 424 g/mol. The van der Waals surface area contributed by atoms with Crippen LogP contribution in [0.3, 0.4) is 0 Å². The Morgan fingerprint density at radius 3 is 2.74 bits per heavy atom. The molecule has 6 nitrogen and oxygen atoms in total. The van der Waals surface area contributed by atoms with E-state index in [1.807, 2.05) is 36.4 Å². The number of hydrogen-bond donors (Lipinski definition) is 1. The fraction of sp³-hybridized carbons (Fsp3) is 0.0500. The molecule has 4 aromatic rings. The predicted octanol–water partition coefficient (Wildman–Crippen LogP) is 4.67. The molecule has 0 saturated carbocycles. The van der Waals surface area contributed by atoms with Gasteiger partial charge in [-0.3, -0.25) is 9.78 Å². The minimum Gasteiger partial charge on any atom is -0.484 e. The summed E-state index contributed by atoms with van der Waals surface area (Å²) in [6.45, 7) is -0.102. The molecule has 0 aliphatic carbocycles. The largest absolute Gasteiger partial charge is 0.484 e. The fourth-order valence-corrected chi connectivity index (χ4v) is 2.76. The molecule has 7 heteroatoms. The number of para-hydroxylation sites is 2. The van der Waals surface area contributed by atoms with E-state index in [9.17, 15) is 4.79 Å². The van der Waals surface area contributed by atoms with Crippen LogP contribution in [-0.2, 0) is 4.79 Å². The number of anilines is 1. The first-order chi connectivity index (χ1) is 13.2. The SMILES string of the molecule is O=C(COc1ccc(Br)cc1)Nc1cncc(-c2nc3ccccc3o2)c1. The third kappa shape index (κ3) is 4.15. The maximum atomic E-state index is 12.1. The Bertz CT molecular complexity index is 1060. The van der Waals surface area contributed by atoms with Crippen molar-refractivity contribution in [2.75, 3.05) is 11.9 Å². The molecular weight excluding hydrogens is 410 g/mol. The van der Waals surface area contributed by atoms with E-state index in [0.29, 0.717) is 28.5 Å². The summed E-state index contributed by atoms with van der Waals surface area (Å²) in [6.07, 6.45) is 3.20. The molecule has 1 amide bonds. The maximum absolute atomic E-state index is 12.1. The molecule has 0 atom stereocenters. The lowest BCUT2D eigenvalue weighted by atomic mass is 10.2. The van der Waals surface area contributed by atoms with Crippen molar-refractivity contribution in [3.63, 3.8) is 0 Å². The van der Waals surface area contributed by atoms with E-state index in [0.717, 1.165) is 9.99 Å². The number of halogens is 1. The highest BCUT2D eigenvalue weighted by atomic mass is 79.9. The number of carbonyl (C=O) groups is 1. The summed E-state index contributed by atoms with van der Waals surface area (Å²) in [7, 11) is 0. The second-order valence-electron chi connectivity index (χ2n) is 5.74. The zero-order valence-corrected chi connectivity index (χ0v) is 15.6. The molecular formula is C20H14BrN3O3. The third-order valence-corrected chi connectivity index (χ3v) is 4.28. The molecule has 0 spiro atoms. The van der Waals surface area contributed by atoms with Gasteiger partial charge in [0.15, 0.2) is 12.2 Å². The number of rotatable bonds is 5. The minimum atomic E-state index is -0.283. The lowest BCUT2D eigenvalue weighted by Gasteiger charge is -2.08. The molecule has 0 fully saturated rings. The number of nitrogens with one attached hydrogen (secondary N) is 1. The van der Waals surface area contributed by atoms with Crippen LogP contribution in [0.15, 0.2) is 75.9 Å². The summed E-state index contributed by atoms with van der Waals surface area (Å²) in [5.74, 6) is 0.784. The lowest BCUT2D eigenvalue weighted by molar-refractivity contribution is -0.118. The van der Waals surface area contributed by atoms with Gasteiger partial charge in [0.2, 0.25) is 5.89 Å². The van der Waals surface area contributed by atoms with Gasteiger partial charge in [-0.1, -0.05) is 28.1 Å². The molecule has 2 heterocycles. The van der Waals surface area contributed by atoms with Gasteiger partial charge in [0, 0.05) is 10.7 Å². The Morgan fingerprint density at radius 2 is 1.93 bits per heavy atom. The monoisotopic (exact) mass is 423 g/mol. The fourth-order valence-electron chi connectivity index (χ4n) is 2.50. The number of carbonyl (C=O) groups excluding carboxylic acids is 1. The number of fused-ring (bicyclic) bond motifs is 1. The second kappa shape index (κ2) is 7.59. The second-order valence-corrected chi connectivity index (χ2v) is 6.66. The van der Waals surface area contributed by atoms with Crippen molar-refractivity contribution in [1.82, 2.24) is 9.97 Å². The van der Waals surface area contributed by atoms with E-state index in [-0.39, 0.29) is 12.5 Å². The first-order valence-corrected chi connectivity index (χ1v) is 8.96. The van der Waals surface area contributed by atoms with Crippen LogP contribution < -0.4 is 10.1 Å². The molecule has 1 N–H and O–H groups in total. The van der Waals surface area contributed by atoms with E-state index in [1.54, 1.807) is 30.6 Å². The van der Waals surface area contributed by atoms with Crippen LogP contribution in [0.25, 0.3) is 22.6 Å². The van der Waals surface area contributed by atoms with Crippen molar-refractivity contribution < 1.29 is 13.9 Å². The topological polar surface area (TPSA) is 77.2 Å². The summed E-state index contributed by atoms with van der Waals surface area (Å²) < 4.78 is 12.1. The van der Waals surface area contributed by atoms with E-state index < -0.39 is 0 Å². The number of hydrogen-bond acceptors (Lipinski definition) is 5. The van der Waals surface area contributed by atoms with Crippen molar-refractivity contribution in [3.8, 4) is 17.2 Å². The number of oxazole rings is 1. The number of nitrogens with zero attached hydrogens (tertiary/aromatic N) is 2. The van der Waals surface area contributed by atoms with Gasteiger partial charge in [-0.15, -0.1) is 0 Å². The smallest absolute Gasteiger partial charge is 0.262 e. The standard InChI is InChI=1S/C20H14BrN3O3/c21-14-5-7-16(8-6-14)26-12-19(25)23-15-9-13(10-22-11-15)20-24-17-3-1-2-4-18(17)27-20/h1-11H,12H2,(H,23,25). The molecule has 4 rings (SSSR count). The summed E-state index contributed by atoms with van der Waals surface area (Å²) >= 11 is 3.35. The molecule has 27 heavy (non-hydrogen) atoms. The molecule has 134 valence electrons. The molecule has 0 saturated heterocycles. The Kier molecular flexibility index (Phi) is 4.84. The lowest BCUT2D eigenvalue weighted by Crippen LogP contribution is -2.20. The first kappa shape index (κ1) is 17.2. The van der Waals surface area contributed by atoms with Gasteiger partial charge >= 0.3 is 0 Å². The van der Waals surface area contributed by atoms with Gasteiger partial charge in [-0.25, -0.2) is 4.98 Å². The number of benzene rings is 2. The van der Waals surface area contributed by atoms with Gasteiger partial charge < -0.3 is 14.5 Å². The third-order valence-electron chi connectivity index (χ3n) is 3.75. The quantitative estimate of drug-likeness (QED) is 0.504. The van der Waals surface area contributed by atoms with Crippen molar-refractivity contribution >= 4 is 38.6 Å². The summed E-state index contributed by atoms with van der Waals surface area (Å²) in [4.78, 5) is 20.7. The molecule has 0 aliphatic rings. The van der Waals surface area contributed by atoms with E-state index >= 15 is 0 Å². The van der Waals surface area contributed by atoms with E-state index in [1.165, 1.54) is 0 Å². The Hall–Kier alpha value is -3.19. The molecule has 0 radical (unpaired) electrons. The van der Waals surface area contributed by atoms with Crippen molar-refractivity contribution in [1.29, 1.82) is 0 Å². The minimum absolute atomic E-state index is 0.102. The summed E-state index contributed by atoms with van der Waals surface area (Å²) in [6, 6.07) is 16.5. The van der Waals surface area contributed by atoms with Crippen LogP contribution in [0.2, 0.25) is 0 Å². The number of ether oxygens (including phenoxy) is 1. The highest BCUT2D eigenvalue weighted by Gasteiger charge is 2.10. The molecule has 2 aromatic heterocycles. The van der Waals surface area contributed by atoms with Gasteiger partial charge in [-0.05, 0) is 42.5 Å². The van der Waals surface area contributed by atoms with Gasteiger partial charge in [0.1, 0.15) is 11.3 Å².